The van der Waals surface area contributed by atoms with Crippen molar-refractivity contribution in [2.45, 2.75) is 77.5 Å². The van der Waals surface area contributed by atoms with E-state index in [-0.39, 0.29) is 6.61 Å². The fourth-order valence-corrected chi connectivity index (χ4v) is 4.34. The summed E-state index contributed by atoms with van der Waals surface area (Å²) in [6.07, 6.45) is -3.60. The fraction of sp³-hybridized carbons (Fsp3) is 0.500. The zero-order valence-electron chi connectivity index (χ0n) is 21.3. The highest BCUT2D eigenvalue weighted by molar-refractivity contribution is 5.68. The third-order valence-electron chi connectivity index (χ3n) is 5.78. The number of fused-ring (bicyclic) bond motifs is 1. The average Bonchev–Trinajstić information content (AvgIpc) is 2.82. The van der Waals surface area contributed by atoms with Crippen molar-refractivity contribution in [3.8, 4) is 23.7 Å². The molecule has 1 heterocycles. The molecular formula is C28H30O9. The molecule has 1 aromatic rings. The largest absolute Gasteiger partial charge is 0.463 e. The molecule has 1 aliphatic carbocycles. The first-order chi connectivity index (χ1) is 17.7. The van der Waals surface area contributed by atoms with Crippen LogP contribution in [0.15, 0.2) is 24.3 Å². The Labute approximate surface area is 216 Å². The van der Waals surface area contributed by atoms with Crippen molar-refractivity contribution in [2.24, 2.45) is 5.92 Å². The van der Waals surface area contributed by atoms with Gasteiger partial charge in [0.15, 0.2) is 18.3 Å². The Morgan fingerprint density at radius 3 is 2.05 bits per heavy atom. The van der Waals surface area contributed by atoms with E-state index in [1.54, 1.807) is 0 Å². The second kappa shape index (κ2) is 12.9. The van der Waals surface area contributed by atoms with Gasteiger partial charge in [-0.3, -0.25) is 19.2 Å². The van der Waals surface area contributed by atoms with Crippen molar-refractivity contribution in [1.82, 2.24) is 0 Å². The smallest absolute Gasteiger partial charge is 0.303 e. The lowest BCUT2D eigenvalue weighted by atomic mass is 9.84. The van der Waals surface area contributed by atoms with Crippen LogP contribution in [0.25, 0.3) is 0 Å². The summed E-state index contributed by atoms with van der Waals surface area (Å²) in [4.78, 5) is 47.7. The van der Waals surface area contributed by atoms with E-state index in [9.17, 15) is 19.2 Å². The minimum absolute atomic E-state index is 0.275. The molecule has 1 fully saturated rings. The molecule has 2 unspecified atom stereocenters. The van der Waals surface area contributed by atoms with Crippen molar-refractivity contribution in [1.29, 1.82) is 0 Å². The number of rotatable bonds is 6. The molecular weight excluding hydrogens is 480 g/mol. The number of ether oxygens (including phenoxy) is 5. The van der Waals surface area contributed by atoms with Crippen LogP contribution >= 0.6 is 0 Å². The molecule has 3 rings (SSSR count). The molecule has 1 saturated heterocycles. The van der Waals surface area contributed by atoms with Crippen molar-refractivity contribution in [3.05, 3.63) is 35.4 Å². The summed E-state index contributed by atoms with van der Waals surface area (Å²) >= 11 is 0. The maximum atomic E-state index is 12.1. The zero-order valence-corrected chi connectivity index (χ0v) is 21.3. The lowest BCUT2D eigenvalue weighted by molar-refractivity contribution is -0.258. The second-order valence-corrected chi connectivity index (χ2v) is 8.78. The predicted molar refractivity (Wildman–Crippen MR) is 129 cm³/mol. The second-order valence-electron chi connectivity index (χ2n) is 8.78. The summed E-state index contributed by atoms with van der Waals surface area (Å²) in [6, 6.07) is 7.51. The van der Waals surface area contributed by atoms with Crippen molar-refractivity contribution in [2.75, 3.05) is 6.61 Å². The molecule has 2 aliphatic rings. The van der Waals surface area contributed by atoms with Gasteiger partial charge in [0.05, 0.1) is 5.92 Å². The molecule has 1 aliphatic heterocycles. The van der Waals surface area contributed by atoms with Crippen LogP contribution in [-0.4, -0.2) is 61.0 Å². The van der Waals surface area contributed by atoms with Crippen molar-refractivity contribution >= 4 is 23.9 Å². The molecule has 196 valence electrons. The Kier molecular flexibility index (Phi) is 9.71. The molecule has 9 heteroatoms. The Morgan fingerprint density at radius 2 is 1.43 bits per heavy atom. The molecule has 1 aromatic carbocycles. The molecule has 0 aromatic heterocycles. The van der Waals surface area contributed by atoms with E-state index in [0.717, 1.165) is 11.1 Å². The van der Waals surface area contributed by atoms with Crippen LogP contribution < -0.4 is 0 Å². The van der Waals surface area contributed by atoms with Crippen molar-refractivity contribution < 1.29 is 42.9 Å². The predicted octanol–water partition coefficient (Wildman–Crippen LogP) is 2.32. The molecule has 0 spiro atoms. The Morgan fingerprint density at radius 1 is 0.838 bits per heavy atom. The van der Waals surface area contributed by atoms with E-state index >= 15 is 0 Å². The van der Waals surface area contributed by atoms with E-state index in [0.29, 0.717) is 19.3 Å². The number of hydrogen-bond acceptors (Lipinski definition) is 9. The standard InChI is InChI=1S/C28H30O9/c1-17(29)33-16-24-26(34-18(2)30)28(36-20(4)32)27(35-19(3)31)25(37-24)23-13-7-5-6-10-21-11-8-9-12-22(21)14-15-23/h8-9,11-12,23-28H,5,7,13,16H2,1-4H3/t23?,24-,25?,26-,27+,28+/m1/s1. The Hall–Kier alpha value is -3.82. The van der Waals surface area contributed by atoms with Gasteiger partial charge in [0.1, 0.15) is 18.8 Å². The fourth-order valence-electron chi connectivity index (χ4n) is 4.34. The van der Waals surface area contributed by atoms with Crippen LogP contribution in [0.5, 0.6) is 0 Å². The third kappa shape index (κ3) is 7.83. The molecule has 37 heavy (non-hydrogen) atoms. The van der Waals surface area contributed by atoms with Crippen LogP contribution in [0.4, 0.5) is 0 Å². The number of esters is 4. The van der Waals surface area contributed by atoms with Gasteiger partial charge in [-0.1, -0.05) is 35.8 Å². The van der Waals surface area contributed by atoms with Crippen LogP contribution in [0.1, 0.15) is 58.1 Å². The number of carbonyl (C=O) groups excluding carboxylic acids is 4. The van der Waals surface area contributed by atoms with Gasteiger partial charge in [-0.05, 0) is 25.0 Å². The van der Waals surface area contributed by atoms with E-state index in [4.69, 9.17) is 23.7 Å². The number of carbonyl (C=O) groups is 4. The molecule has 9 nitrogen and oxygen atoms in total. The van der Waals surface area contributed by atoms with Crippen LogP contribution in [0, 0.1) is 29.6 Å². The molecule has 6 atom stereocenters. The Bertz CT molecular complexity index is 1150. The highest BCUT2D eigenvalue weighted by atomic mass is 16.7. The normalized spacial score (nSPS) is 26.5. The highest BCUT2D eigenvalue weighted by Crippen LogP contribution is 2.34. The minimum Gasteiger partial charge on any atom is -0.463 e. The first-order valence-electron chi connectivity index (χ1n) is 12.1. The molecule has 0 saturated carbocycles. The summed E-state index contributed by atoms with van der Waals surface area (Å²) in [5.41, 5.74) is 1.55. The quantitative estimate of drug-likeness (QED) is 0.323. The molecule has 0 amide bonds. The number of benzene rings is 1. The van der Waals surface area contributed by atoms with Gasteiger partial charge in [-0.15, -0.1) is 0 Å². The lowest BCUT2D eigenvalue weighted by Crippen LogP contribution is -2.63. The van der Waals surface area contributed by atoms with Gasteiger partial charge >= 0.3 is 23.9 Å². The topological polar surface area (TPSA) is 114 Å². The summed E-state index contributed by atoms with van der Waals surface area (Å²) in [6.45, 7) is 4.56. The van der Waals surface area contributed by atoms with Crippen LogP contribution in [0.2, 0.25) is 0 Å². The first-order valence-corrected chi connectivity index (χ1v) is 12.1. The maximum Gasteiger partial charge on any atom is 0.303 e. The highest BCUT2D eigenvalue weighted by Gasteiger charge is 2.53. The van der Waals surface area contributed by atoms with Gasteiger partial charge in [-0.2, -0.15) is 0 Å². The van der Waals surface area contributed by atoms with E-state index in [1.165, 1.54) is 27.7 Å². The van der Waals surface area contributed by atoms with Crippen molar-refractivity contribution in [3.63, 3.8) is 0 Å². The maximum absolute atomic E-state index is 12.1. The summed E-state index contributed by atoms with van der Waals surface area (Å²) < 4.78 is 28.1. The SMILES string of the molecule is CC(=O)OC[C@H]1OC(C2C#Cc3ccccc3C#CCCC2)[C@H](OC(C)=O)[C@@H](OC(C)=O)[C@@H]1OC(C)=O. The molecule has 0 radical (unpaired) electrons. The van der Waals surface area contributed by atoms with Gasteiger partial charge in [0.25, 0.3) is 0 Å². The monoisotopic (exact) mass is 510 g/mol. The molecule has 0 N–H and O–H groups in total. The first kappa shape index (κ1) is 27.8. The van der Waals surface area contributed by atoms with E-state index in [2.05, 4.69) is 23.7 Å². The zero-order chi connectivity index (χ0) is 26.9. The Balaban J connectivity index is 2.07. The van der Waals surface area contributed by atoms with E-state index < -0.39 is 60.3 Å². The van der Waals surface area contributed by atoms with Crippen LogP contribution in [-0.2, 0) is 42.9 Å². The average molecular weight is 511 g/mol. The van der Waals surface area contributed by atoms with Crippen LogP contribution in [0.3, 0.4) is 0 Å². The number of hydrogen-bond donors (Lipinski definition) is 0. The van der Waals surface area contributed by atoms with Gasteiger partial charge in [-0.25, -0.2) is 0 Å². The molecule has 0 bridgehead atoms. The summed E-state index contributed by atoms with van der Waals surface area (Å²) in [7, 11) is 0. The third-order valence-corrected chi connectivity index (χ3v) is 5.78. The van der Waals surface area contributed by atoms with Gasteiger partial charge in [0.2, 0.25) is 0 Å². The summed E-state index contributed by atoms with van der Waals surface area (Å²) in [5, 5.41) is 0. The van der Waals surface area contributed by atoms with Gasteiger partial charge in [0, 0.05) is 45.2 Å². The minimum atomic E-state index is -1.21. The lowest BCUT2D eigenvalue weighted by Gasteiger charge is -2.46. The summed E-state index contributed by atoms with van der Waals surface area (Å²) in [5.74, 6) is 9.67. The van der Waals surface area contributed by atoms with E-state index in [1.807, 2.05) is 24.3 Å². The van der Waals surface area contributed by atoms with Gasteiger partial charge < -0.3 is 23.7 Å².